The second-order valence-electron chi connectivity index (χ2n) is 3.71. The van der Waals surface area contributed by atoms with Crippen LogP contribution in [0.3, 0.4) is 0 Å². The molecule has 13 heavy (non-hydrogen) atoms. The molecule has 1 aromatic heterocycles. The van der Waals surface area contributed by atoms with Crippen molar-refractivity contribution in [2.75, 3.05) is 0 Å². The van der Waals surface area contributed by atoms with Gasteiger partial charge in [0.05, 0.1) is 0 Å². The number of hydrogen-bond acceptors (Lipinski definition) is 0. The Kier molecular flexibility index (Phi) is 1.29. The molecular weight excluding hydrogens is 165 g/mol. The highest BCUT2D eigenvalue weighted by molar-refractivity contribution is 5.84. The van der Waals surface area contributed by atoms with E-state index in [-0.39, 0.29) is 5.82 Å². The summed E-state index contributed by atoms with van der Waals surface area (Å²) < 4.78 is 13.0. The molecule has 66 valence electrons. The van der Waals surface area contributed by atoms with Crippen LogP contribution in [0.5, 0.6) is 0 Å². The molecule has 1 aromatic carbocycles. The van der Waals surface area contributed by atoms with Crippen molar-refractivity contribution >= 4 is 10.9 Å². The maximum absolute atomic E-state index is 13.0. The number of rotatable bonds is 1. The molecule has 1 fully saturated rings. The zero-order chi connectivity index (χ0) is 8.84. The van der Waals surface area contributed by atoms with Crippen LogP contribution < -0.4 is 0 Å². The Morgan fingerprint density at radius 1 is 1.31 bits per heavy atom. The van der Waals surface area contributed by atoms with E-state index in [2.05, 4.69) is 4.98 Å². The van der Waals surface area contributed by atoms with Crippen LogP contribution in [0.4, 0.5) is 4.39 Å². The van der Waals surface area contributed by atoms with Crippen LogP contribution >= 0.6 is 0 Å². The van der Waals surface area contributed by atoms with E-state index in [1.54, 1.807) is 12.1 Å². The topological polar surface area (TPSA) is 15.8 Å². The van der Waals surface area contributed by atoms with Gasteiger partial charge in [0.2, 0.25) is 0 Å². The fourth-order valence-corrected chi connectivity index (χ4v) is 1.85. The van der Waals surface area contributed by atoms with Crippen molar-refractivity contribution in [1.29, 1.82) is 0 Å². The third-order valence-electron chi connectivity index (χ3n) is 2.69. The van der Waals surface area contributed by atoms with E-state index in [1.807, 2.05) is 6.20 Å². The van der Waals surface area contributed by atoms with Crippen LogP contribution in [0.1, 0.15) is 24.3 Å². The minimum absolute atomic E-state index is 0.144. The Balaban J connectivity index is 2.29. The summed E-state index contributed by atoms with van der Waals surface area (Å²) in [5.74, 6) is 0.532. The molecular formula is C11H10FN. The molecule has 0 bridgehead atoms. The van der Waals surface area contributed by atoms with E-state index in [1.165, 1.54) is 24.5 Å². The molecule has 1 aliphatic carbocycles. The molecule has 0 spiro atoms. The van der Waals surface area contributed by atoms with Crippen molar-refractivity contribution < 1.29 is 4.39 Å². The van der Waals surface area contributed by atoms with E-state index < -0.39 is 0 Å². The largest absolute Gasteiger partial charge is 0.361 e. The zero-order valence-corrected chi connectivity index (χ0v) is 7.18. The average Bonchev–Trinajstić information content (AvgIpc) is 2.87. The molecule has 2 heteroatoms. The Bertz CT molecular complexity index is 454. The van der Waals surface area contributed by atoms with Gasteiger partial charge in [-0.3, -0.25) is 0 Å². The van der Waals surface area contributed by atoms with E-state index >= 15 is 0 Å². The number of benzene rings is 1. The second kappa shape index (κ2) is 2.34. The summed E-state index contributed by atoms with van der Waals surface area (Å²) >= 11 is 0. The van der Waals surface area contributed by atoms with Crippen molar-refractivity contribution in [2.24, 2.45) is 0 Å². The standard InChI is InChI=1S/C11H10FN/c12-8-3-4-11-9(5-8)10(6-13-11)7-1-2-7/h3-7,13H,1-2H2. The van der Waals surface area contributed by atoms with Crippen molar-refractivity contribution in [1.82, 2.24) is 4.98 Å². The molecule has 1 nitrogen and oxygen atoms in total. The van der Waals surface area contributed by atoms with E-state index in [4.69, 9.17) is 0 Å². The molecule has 0 saturated heterocycles. The summed E-state index contributed by atoms with van der Waals surface area (Å²) in [6, 6.07) is 4.92. The van der Waals surface area contributed by atoms with Gasteiger partial charge in [-0.25, -0.2) is 4.39 Å². The number of aromatic nitrogens is 1. The number of halogens is 1. The van der Waals surface area contributed by atoms with Gasteiger partial charge in [0.25, 0.3) is 0 Å². The molecule has 0 amide bonds. The van der Waals surface area contributed by atoms with E-state index in [9.17, 15) is 4.39 Å². The first-order valence-electron chi connectivity index (χ1n) is 4.61. The number of fused-ring (bicyclic) bond motifs is 1. The van der Waals surface area contributed by atoms with Gasteiger partial charge in [-0.05, 0) is 42.5 Å². The summed E-state index contributed by atoms with van der Waals surface area (Å²) in [5, 5.41) is 1.06. The monoisotopic (exact) mass is 175 g/mol. The lowest BCUT2D eigenvalue weighted by Gasteiger charge is -1.94. The zero-order valence-electron chi connectivity index (χ0n) is 7.18. The van der Waals surface area contributed by atoms with Crippen LogP contribution in [0.25, 0.3) is 10.9 Å². The SMILES string of the molecule is Fc1ccc2[nH]cc(C3CC3)c2c1. The lowest BCUT2D eigenvalue weighted by molar-refractivity contribution is 0.629. The normalized spacial score (nSPS) is 16.7. The van der Waals surface area contributed by atoms with Gasteiger partial charge in [-0.2, -0.15) is 0 Å². The van der Waals surface area contributed by atoms with Crippen molar-refractivity contribution in [3.05, 3.63) is 35.8 Å². The number of nitrogens with one attached hydrogen (secondary N) is 1. The minimum Gasteiger partial charge on any atom is -0.361 e. The van der Waals surface area contributed by atoms with E-state index in [0.717, 1.165) is 10.9 Å². The minimum atomic E-state index is -0.144. The highest BCUT2D eigenvalue weighted by atomic mass is 19.1. The fraction of sp³-hybridized carbons (Fsp3) is 0.273. The van der Waals surface area contributed by atoms with Crippen molar-refractivity contribution in [3.63, 3.8) is 0 Å². The van der Waals surface area contributed by atoms with Crippen LogP contribution in [0.2, 0.25) is 0 Å². The predicted octanol–water partition coefficient (Wildman–Crippen LogP) is 3.18. The summed E-state index contributed by atoms with van der Waals surface area (Å²) in [6.07, 6.45) is 4.52. The molecule has 1 aliphatic rings. The average molecular weight is 175 g/mol. The summed E-state index contributed by atoms with van der Waals surface area (Å²) in [6.45, 7) is 0. The maximum Gasteiger partial charge on any atom is 0.123 e. The van der Waals surface area contributed by atoms with Crippen LogP contribution in [0, 0.1) is 5.82 Å². The van der Waals surface area contributed by atoms with Gasteiger partial charge in [-0.1, -0.05) is 0 Å². The number of aromatic amines is 1. The quantitative estimate of drug-likeness (QED) is 0.685. The first-order valence-corrected chi connectivity index (χ1v) is 4.61. The third-order valence-corrected chi connectivity index (χ3v) is 2.69. The van der Waals surface area contributed by atoms with Crippen molar-refractivity contribution in [2.45, 2.75) is 18.8 Å². The molecule has 2 aromatic rings. The highest BCUT2D eigenvalue weighted by Crippen LogP contribution is 2.43. The van der Waals surface area contributed by atoms with Crippen LogP contribution in [-0.4, -0.2) is 4.98 Å². The predicted molar refractivity (Wildman–Crippen MR) is 50.2 cm³/mol. The highest BCUT2D eigenvalue weighted by Gasteiger charge is 2.26. The third kappa shape index (κ3) is 1.05. The molecule has 0 aliphatic heterocycles. The van der Waals surface area contributed by atoms with Gasteiger partial charge >= 0.3 is 0 Å². The number of hydrogen-bond donors (Lipinski definition) is 1. The molecule has 0 unspecified atom stereocenters. The number of H-pyrrole nitrogens is 1. The molecule has 0 radical (unpaired) electrons. The summed E-state index contributed by atoms with van der Waals surface area (Å²) in [5.41, 5.74) is 2.33. The van der Waals surface area contributed by atoms with E-state index in [0.29, 0.717) is 5.92 Å². The molecule has 3 rings (SSSR count). The van der Waals surface area contributed by atoms with Crippen LogP contribution in [0.15, 0.2) is 24.4 Å². The fourth-order valence-electron chi connectivity index (χ4n) is 1.85. The smallest absolute Gasteiger partial charge is 0.123 e. The Labute approximate surface area is 75.6 Å². The van der Waals surface area contributed by atoms with Gasteiger partial charge < -0.3 is 4.98 Å². The van der Waals surface area contributed by atoms with Crippen molar-refractivity contribution in [3.8, 4) is 0 Å². The summed E-state index contributed by atoms with van der Waals surface area (Å²) in [4.78, 5) is 3.17. The lowest BCUT2D eigenvalue weighted by Crippen LogP contribution is -1.76. The van der Waals surface area contributed by atoms with Gasteiger partial charge in [0, 0.05) is 17.1 Å². The first kappa shape index (κ1) is 7.13. The Morgan fingerprint density at radius 2 is 2.15 bits per heavy atom. The van der Waals surface area contributed by atoms with Gasteiger partial charge in [-0.15, -0.1) is 0 Å². The Morgan fingerprint density at radius 3 is 2.92 bits per heavy atom. The lowest BCUT2D eigenvalue weighted by atomic mass is 10.1. The van der Waals surface area contributed by atoms with Crippen LogP contribution in [-0.2, 0) is 0 Å². The molecule has 1 heterocycles. The van der Waals surface area contributed by atoms with Gasteiger partial charge in [0.1, 0.15) is 5.82 Å². The first-order chi connectivity index (χ1) is 6.34. The summed E-state index contributed by atoms with van der Waals surface area (Å²) in [7, 11) is 0. The maximum atomic E-state index is 13.0. The second-order valence-corrected chi connectivity index (χ2v) is 3.71. The molecule has 1 N–H and O–H groups in total. The molecule has 0 atom stereocenters. The van der Waals surface area contributed by atoms with Gasteiger partial charge in [0.15, 0.2) is 0 Å². The Hall–Kier alpha value is -1.31. The molecule has 1 saturated carbocycles.